The van der Waals surface area contributed by atoms with Gasteiger partial charge in [0, 0.05) is 23.5 Å². The second-order valence-corrected chi connectivity index (χ2v) is 8.23. The monoisotopic (exact) mass is 389 g/mol. The zero-order valence-corrected chi connectivity index (χ0v) is 15.8. The van der Waals surface area contributed by atoms with Crippen LogP contribution in [0, 0.1) is 0 Å². The van der Waals surface area contributed by atoms with Crippen LogP contribution in [0.4, 0.5) is 0 Å². The van der Waals surface area contributed by atoms with E-state index in [2.05, 4.69) is 0 Å². The summed E-state index contributed by atoms with van der Waals surface area (Å²) in [6, 6.07) is 5.56. The van der Waals surface area contributed by atoms with Gasteiger partial charge in [0.05, 0.1) is 18.1 Å². The summed E-state index contributed by atoms with van der Waals surface area (Å²) >= 11 is 5.87. The number of hydrogen-bond donors (Lipinski definition) is 0. The molecular formula is C17H24ClNO5S. The van der Waals surface area contributed by atoms with E-state index >= 15 is 0 Å². The molecule has 140 valence electrons. The van der Waals surface area contributed by atoms with E-state index in [1.165, 1.54) is 16.4 Å². The molecule has 1 saturated heterocycles. The summed E-state index contributed by atoms with van der Waals surface area (Å²) in [4.78, 5) is 21.2. The third-order valence-electron chi connectivity index (χ3n) is 4.29. The van der Waals surface area contributed by atoms with Crippen LogP contribution < -0.4 is 0 Å². The number of carbonyl (C=O) groups excluding carboxylic acids is 1. The fourth-order valence-corrected chi connectivity index (χ4v) is 5.23. The minimum absolute atomic E-state index is 0.186. The normalized spacial score (nSPS) is 22.0. The van der Waals surface area contributed by atoms with E-state index in [0.29, 0.717) is 31.1 Å². The van der Waals surface area contributed by atoms with Crippen molar-refractivity contribution in [3.8, 4) is 0 Å². The Morgan fingerprint density at radius 3 is 2.52 bits per heavy atom. The highest BCUT2D eigenvalue weighted by atomic mass is 35.5. The molecule has 8 heteroatoms. The standard InChI is InChI=1S/C17H24ClNO5S/c1-2-23-24-13-11-16-5-3-4-15(10-12-20)19(16)25(21,22)17-8-6-14(18)7-9-17/h6-9,12,15-16H,2-5,10-11,13H2,1H3. The van der Waals surface area contributed by atoms with E-state index in [1.807, 2.05) is 6.92 Å². The van der Waals surface area contributed by atoms with Gasteiger partial charge in [-0.1, -0.05) is 18.0 Å². The van der Waals surface area contributed by atoms with Gasteiger partial charge in [-0.2, -0.15) is 4.31 Å². The number of nitrogens with zero attached hydrogens (tertiary/aromatic N) is 1. The van der Waals surface area contributed by atoms with Gasteiger partial charge in [-0.3, -0.25) is 0 Å². The lowest BCUT2D eigenvalue weighted by Crippen LogP contribution is -2.50. The Morgan fingerprint density at radius 1 is 1.20 bits per heavy atom. The van der Waals surface area contributed by atoms with Crippen molar-refractivity contribution in [2.75, 3.05) is 13.2 Å². The average Bonchev–Trinajstić information content (AvgIpc) is 2.59. The fraction of sp³-hybridized carbons (Fsp3) is 0.588. The van der Waals surface area contributed by atoms with Crippen molar-refractivity contribution < 1.29 is 23.0 Å². The quantitative estimate of drug-likeness (QED) is 0.280. The number of sulfonamides is 1. The van der Waals surface area contributed by atoms with Crippen LogP contribution in [-0.2, 0) is 24.6 Å². The molecular weight excluding hydrogens is 366 g/mol. The summed E-state index contributed by atoms with van der Waals surface area (Å²) in [5.74, 6) is 0. The van der Waals surface area contributed by atoms with Crippen molar-refractivity contribution >= 4 is 27.9 Å². The Bertz CT molecular complexity index is 650. The first-order chi connectivity index (χ1) is 12.0. The van der Waals surface area contributed by atoms with E-state index in [4.69, 9.17) is 21.4 Å². The Kier molecular flexibility index (Phi) is 7.83. The number of hydrogen-bond acceptors (Lipinski definition) is 5. The second kappa shape index (κ2) is 9.64. The van der Waals surface area contributed by atoms with Gasteiger partial charge in [0.15, 0.2) is 0 Å². The first-order valence-corrected chi connectivity index (χ1v) is 10.3. The van der Waals surface area contributed by atoms with Crippen LogP contribution in [0.15, 0.2) is 29.2 Å². The molecule has 0 N–H and O–H groups in total. The molecule has 1 heterocycles. The maximum absolute atomic E-state index is 13.2. The molecule has 1 fully saturated rings. The van der Waals surface area contributed by atoms with E-state index < -0.39 is 10.0 Å². The van der Waals surface area contributed by atoms with Crippen LogP contribution in [-0.4, -0.2) is 44.3 Å². The van der Waals surface area contributed by atoms with Crippen molar-refractivity contribution in [3.63, 3.8) is 0 Å². The van der Waals surface area contributed by atoms with Crippen LogP contribution >= 0.6 is 11.6 Å². The zero-order chi connectivity index (χ0) is 18.3. The molecule has 0 amide bonds. The topological polar surface area (TPSA) is 72.9 Å². The lowest BCUT2D eigenvalue weighted by molar-refractivity contribution is -0.292. The van der Waals surface area contributed by atoms with Crippen molar-refractivity contribution in [1.82, 2.24) is 4.31 Å². The minimum Gasteiger partial charge on any atom is -0.303 e. The van der Waals surface area contributed by atoms with E-state index in [0.717, 1.165) is 19.1 Å². The van der Waals surface area contributed by atoms with Crippen LogP contribution in [0.25, 0.3) is 0 Å². The number of benzene rings is 1. The predicted molar refractivity (Wildman–Crippen MR) is 94.8 cm³/mol. The lowest BCUT2D eigenvalue weighted by Gasteiger charge is -2.40. The highest BCUT2D eigenvalue weighted by Gasteiger charge is 2.39. The molecule has 2 rings (SSSR count). The maximum atomic E-state index is 13.2. The van der Waals surface area contributed by atoms with Gasteiger partial charge in [-0.25, -0.2) is 18.2 Å². The summed E-state index contributed by atoms with van der Waals surface area (Å²) in [6.45, 7) is 2.56. The molecule has 0 saturated carbocycles. The average molecular weight is 390 g/mol. The Morgan fingerprint density at radius 2 is 1.88 bits per heavy atom. The summed E-state index contributed by atoms with van der Waals surface area (Å²) in [5.41, 5.74) is 0. The van der Waals surface area contributed by atoms with Crippen molar-refractivity contribution in [2.24, 2.45) is 0 Å². The lowest BCUT2D eigenvalue weighted by atomic mass is 9.95. The van der Waals surface area contributed by atoms with Crippen LogP contribution in [0.1, 0.15) is 39.0 Å². The molecule has 25 heavy (non-hydrogen) atoms. The summed E-state index contributed by atoms with van der Waals surface area (Å²) in [5, 5.41) is 0.476. The van der Waals surface area contributed by atoms with Gasteiger partial charge < -0.3 is 4.79 Å². The molecule has 6 nitrogen and oxygen atoms in total. The fourth-order valence-electron chi connectivity index (χ4n) is 3.19. The van der Waals surface area contributed by atoms with E-state index in [9.17, 15) is 13.2 Å². The zero-order valence-electron chi connectivity index (χ0n) is 14.3. The third-order valence-corrected chi connectivity index (χ3v) is 6.56. The van der Waals surface area contributed by atoms with Gasteiger partial charge in [0.2, 0.25) is 10.0 Å². The molecule has 0 spiro atoms. The van der Waals surface area contributed by atoms with Crippen LogP contribution in [0.2, 0.25) is 5.02 Å². The molecule has 2 atom stereocenters. The number of halogens is 1. The number of rotatable bonds is 9. The Hall–Kier alpha value is -0.990. The third kappa shape index (κ3) is 5.24. The first kappa shape index (κ1) is 20.3. The summed E-state index contributed by atoms with van der Waals surface area (Å²) < 4.78 is 27.8. The predicted octanol–water partition coefficient (Wildman–Crippen LogP) is 3.20. The molecule has 1 aliphatic heterocycles. The smallest absolute Gasteiger partial charge is 0.243 e. The molecule has 1 aromatic carbocycles. The van der Waals surface area contributed by atoms with E-state index in [-0.39, 0.29) is 23.4 Å². The molecule has 0 radical (unpaired) electrons. The van der Waals surface area contributed by atoms with Gasteiger partial charge in [-0.15, -0.1) is 0 Å². The molecule has 0 aromatic heterocycles. The van der Waals surface area contributed by atoms with Gasteiger partial charge >= 0.3 is 0 Å². The maximum Gasteiger partial charge on any atom is 0.243 e. The number of aldehydes is 1. The number of piperidine rings is 1. The summed E-state index contributed by atoms with van der Waals surface area (Å²) in [7, 11) is -3.72. The molecule has 2 unspecified atom stereocenters. The molecule has 0 aliphatic carbocycles. The Labute approximate surface area is 154 Å². The SMILES string of the molecule is CCOOCCC1CCCC(CC=O)N1S(=O)(=O)c1ccc(Cl)cc1. The first-order valence-electron chi connectivity index (χ1n) is 8.47. The van der Waals surface area contributed by atoms with Crippen LogP contribution in [0.5, 0.6) is 0 Å². The number of carbonyl (C=O) groups is 1. The van der Waals surface area contributed by atoms with Gasteiger partial charge in [0.25, 0.3) is 0 Å². The highest BCUT2D eigenvalue weighted by molar-refractivity contribution is 7.89. The molecule has 1 aliphatic rings. The molecule has 1 aromatic rings. The Balaban J connectivity index is 2.26. The van der Waals surface area contributed by atoms with Crippen molar-refractivity contribution in [3.05, 3.63) is 29.3 Å². The highest BCUT2D eigenvalue weighted by Crippen LogP contribution is 2.33. The van der Waals surface area contributed by atoms with Gasteiger partial charge in [0.1, 0.15) is 6.29 Å². The molecule has 0 bridgehead atoms. The van der Waals surface area contributed by atoms with E-state index in [1.54, 1.807) is 12.1 Å². The summed E-state index contributed by atoms with van der Waals surface area (Å²) in [6.07, 6.45) is 3.78. The van der Waals surface area contributed by atoms with Crippen molar-refractivity contribution in [1.29, 1.82) is 0 Å². The van der Waals surface area contributed by atoms with Gasteiger partial charge in [-0.05, 0) is 50.5 Å². The van der Waals surface area contributed by atoms with Crippen molar-refractivity contribution in [2.45, 2.75) is 56.0 Å². The largest absolute Gasteiger partial charge is 0.303 e. The second-order valence-electron chi connectivity index (χ2n) is 5.95. The van der Waals surface area contributed by atoms with Crippen LogP contribution in [0.3, 0.4) is 0 Å². The minimum atomic E-state index is -3.72.